The fourth-order valence-electron chi connectivity index (χ4n) is 16.2. The fraction of sp³-hybridized carbons (Fsp3) is 0.513. The van der Waals surface area contributed by atoms with Gasteiger partial charge in [0.15, 0.2) is 0 Å². The second-order valence-electron chi connectivity index (χ2n) is 32.8. The quantitative estimate of drug-likeness (QED) is 0.159. The zero-order valence-electron chi connectivity index (χ0n) is 53.7. The highest BCUT2D eigenvalue weighted by Gasteiger charge is 2.49. The molecule has 0 radical (unpaired) electrons. The molecule has 0 amide bonds. The zero-order valence-corrected chi connectivity index (χ0v) is 54.5. The lowest BCUT2D eigenvalue weighted by Gasteiger charge is -2.46. The van der Waals surface area contributed by atoms with Crippen molar-refractivity contribution in [3.8, 4) is 11.1 Å². The van der Waals surface area contributed by atoms with Crippen LogP contribution >= 0.6 is 11.3 Å². The molecule has 0 spiro atoms. The van der Waals surface area contributed by atoms with Crippen LogP contribution < -0.4 is 25.5 Å². The second-order valence-corrected chi connectivity index (χ2v) is 33.9. The van der Waals surface area contributed by atoms with Crippen molar-refractivity contribution in [1.29, 1.82) is 0 Å². The Morgan fingerprint density at radius 3 is 1.46 bits per heavy atom. The summed E-state index contributed by atoms with van der Waals surface area (Å²) in [6.45, 7) is 41.9. The standard InChI is InChI=1S/C78H97BN2S/c1-72(2,3)53-30-33-64-63(43-53)79-69-66(80(56-31-28-50(29-32-56)48-24-20-18-21-25-48)70-58-45-60-62(47-68(58)82-71(70)79)78(16,17)37-35-76(60,12)13)40-51(49-26-22-19-23-27-49)41-67(69)81(64)65-46-61-59(75(10,11)34-36-77(61,14)15)44-57(65)52-38-54(73(4,5)6)42-55(39-52)74(7,8)9/h28-33,38-49H,18-27,34-37H2,1-17H3. The monoisotopic (exact) mass is 1100 g/mol. The summed E-state index contributed by atoms with van der Waals surface area (Å²) in [5.74, 6) is 1.16. The zero-order chi connectivity index (χ0) is 58.0. The first-order chi connectivity index (χ1) is 38.5. The molecule has 1 aromatic heterocycles. The molecule has 0 atom stereocenters. The van der Waals surface area contributed by atoms with Crippen molar-refractivity contribution >= 4 is 78.0 Å². The van der Waals surface area contributed by atoms with E-state index >= 15 is 0 Å². The normalized spacial score (nSPS) is 20.3. The van der Waals surface area contributed by atoms with Gasteiger partial charge in [0.2, 0.25) is 0 Å². The minimum Gasteiger partial charge on any atom is -0.311 e. The first-order valence-corrected chi connectivity index (χ1v) is 33.3. The van der Waals surface area contributed by atoms with Crippen LogP contribution in [0.4, 0.5) is 34.1 Å². The third-order valence-corrected chi connectivity index (χ3v) is 23.2. The van der Waals surface area contributed by atoms with E-state index in [4.69, 9.17) is 0 Å². The molecule has 82 heavy (non-hydrogen) atoms. The maximum Gasteiger partial charge on any atom is 0.264 e. The third kappa shape index (κ3) is 9.30. The number of hydrogen-bond donors (Lipinski definition) is 0. The number of hydrogen-bond acceptors (Lipinski definition) is 3. The molecule has 13 rings (SSSR count). The largest absolute Gasteiger partial charge is 0.311 e. The SMILES string of the molecule is CC(C)(C)c1cc(-c2cc3c(cc2N2c4ccc(C(C)(C)C)cc4B4c5sc6cc7c(cc6c5N(c5ccc(C6CCCCC6)cc5)c5cc(C6CCCCC6)cc2c54)C(C)(C)CCC7(C)C)C(C)(C)CCC3(C)C)cc(C(C)(C)C)c1. The molecular weight excluding hydrogens is 1010 g/mol. The molecule has 0 unspecified atom stereocenters. The minimum absolute atomic E-state index is 0.0113. The van der Waals surface area contributed by atoms with Crippen molar-refractivity contribution in [3.63, 3.8) is 0 Å². The molecule has 2 aliphatic heterocycles. The molecule has 2 nitrogen and oxygen atoms in total. The number of rotatable bonds is 5. The summed E-state index contributed by atoms with van der Waals surface area (Å²) in [6.07, 6.45) is 17.8. The van der Waals surface area contributed by atoms with Gasteiger partial charge >= 0.3 is 0 Å². The molecule has 428 valence electrons. The van der Waals surface area contributed by atoms with E-state index in [0.29, 0.717) is 11.8 Å². The Morgan fingerprint density at radius 1 is 0.439 bits per heavy atom. The van der Waals surface area contributed by atoms with Gasteiger partial charge in [0.1, 0.15) is 0 Å². The molecule has 3 heterocycles. The molecule has 7 aromatic rings. The highest BCUT2D eigenvalue weighted by atomic mass is 32.1. The number of nitrogens with zero attached hydrogens (tertiary/aromatic N) is 2. The van der Waals surface area contributed by atoms with Crippen LogP contribution in [0.1, 0.15) is 270 Å². The molecule has 2 saturated carbocycles. The van der Waals surface area contributed by atoms with Crippen molar-refractivity contribution in [2.24, 2.45) is 0 Å². The van der Waals surface area contributed by atoms with Gasteiger partial charge in [-0.15, -0.1) is 11.3 Å². The maximum atomic E-state index is 2.85. The number of anilines is 6. The number of thiophene rings is 1. The van der Waals surface area contributed by atoms with E-state index in [0.717, 1.165) is 0 Å². The molecule has 2 fully saturated rings. The highest BCUT2D eigenvalue weighted by Crippen LogP contribution is 2.57. The Balaban J connectivity index is 1.17. The molecule has 0 bridgehead atoms. The summed E-state index contributed by atoms with van der Waals surface area (Å²) in [5, 5.41) is 1.43. The van der Waals surface area contributed by atoms with Crippen molar-refractivity contribution in [2.75, 3.05) is 9.80 Å². The Kier molecular flexibility index (Phi) is 13.2. The fourth-order valence-corrected chi connectivity index (χ4v) is 17.6. The molecule has 0 N–H and O–H groups in total. The average Bonchev–Trinajstić information content (AvgIpc) is 1.67. The van der Waals surface area contributed by atoms with Gasteiger partial charge in [-0.05, 0) is 222 Å². The van der Waals surface area contributed by atoms with Crippen molar-refractivity contribution in [1.82, 2.24) is 0 Å². The predicted octanol–water partition coefficient (Wildman–Crippen LogP) is 21.3. The summed E-state index contributed by atoms with van der Waals surface area (Å²) in [6, 6.07) is 41.9. The second kappa shape index (κ2) is 19.2. The lowest BCUT2D eigenvalue weighted by Crippen LogP contribution is -2.60. The summed E-state index contributed by atoms with van der Waals surface area (Å²) in [4.78, 5) is 5.68. The van der Waals surface area contributed by atoms with Gasteiger partial charge in [-0.3, -0.25) is 0 Å². The lowest BCUT2D eigenvalue weighted by molar-refractivity contribution is 0.332. The van der Waals surface area contributed by atoms with Crippen molar-refractivity contribution < 1.29 is 0 Å². The van der Waals surface area contributed by atoms with E-state index in [1.54, 1.807) is 11.1 Å². The van der Waals surface area contributed by atoms with E-state index in [1.807, 2.05) is 0 Å². The van der Waals surface area contributed by atoms with Crippen LogP contribution in [0.25, 0.3) is 21.2 Å². The van der Waals surface area contributed by atoms with E-state index in [-0.39, 0.29) is 44.6 Å². The first-order valence-electron chi connectivity index (χ1n) is 32.5. The summed E-state index contributed by atoms with van der Waals surface area (Å²) in [5.41, 5.74) is 27.3. The Morgan fingerprint density at radius 2 is 0.927 bits per heavy atom. The summed E-state index contributed by atoms with van der Waals surface area (Å²) < 4.78 is 2.93. The smallest absolute Gasteiger partial charge is 0.264 e. The van der Waals surface area contributed by atoms with Crippen molar-refractivity contribution in [3.05, 3.63) is 147 Å². The Labute approximate surface area is 500 Å². The van der Waals surface area contributed by atoms with Gasteiger partial charge in [0, 0.05) is 43.2 Å². The van der Waals surface area contributed by atoms with Gasteiger partial charge in [-0.2, -0.15) is 0 Å². The van der Waals surface area contributed by atoms with Gasteiger partial charge in [-0.1, -0.05) is 199 Å². The van der Waals surface area contributed by atoms with E-state index in [9.17, 15) is 0 Å². The van der Waals surface area contributed by atoms with E-state index in [2.05, 4.69) is 236 Å². The lowest BCUT2D eigenvalue weighted by atomic mass is 9.36. The molecule has 4 heteroatoms. The summed E-state index contributed by atoms with van der Waals surface area (Å²) in [7, 11) is 0. The van der Waals surface area contributed by atoms with Gasteiger partial charge in [0.05, 0.1) is 11.4 Å². The van der Waals surface area contributed by atoms with E-state index < -0.39 is 0 Å². The number of benzene rings is 6. The van der Waals surface area contributed by atoms with Crippen LogP contribution in [0.2, 0.25) is 0 Å². The van der Waals surface area contributed by atoms with Gasteiger partial charge in [-0.25, -0.2) is 0 Å². The van der Waals surface area contributed by atoms with Crippen LogP contribution in [0, 0.1) is 0 Å². The molecule has 4 aliphatic carbocycles. The number of fused-ring (bicyclic) bond motifs is 8. The topological polar surface area (TPSA) is 6.48 Å². The Bertz CT molecular complexity index is 3640. The van der Waals surface area contributed by atoms with Crippen LogP contribution in [0.15, 0.2) is 97.1 Å². The highest BCUT2D eigenvalue weighted by molar-refractivity contribution is 7.33. The molecule has 6 aromatic carbocycles. The predicted molar refractivity (Wildman–Crippen MR) is 360 cm³/mol. The molecule has 0 saturated heterocycles. The van der Waals surface area contributed by atoms with Crippen molar-refractivity contribution in [2.45, 2.75) is 257 Å². The molecular formula is C78H97BN2S. The van der Waals surface area contributed by atoms with Gasteiger partial charge in [0.25, 0.3) is 6.71 Å². The van der Waals surface area contributed by atoms with Gasteiger partial charge < -0.3 is 9.80 Å². The van der Waals surface area contributed by atoms with Crippen LogP contribution in [-0.4, -0.2) is 6.71 Å². The Hall–Kier alpha value is -5.06. The third-order valence-electron chi connectivity index (χ3n) is 22.0. The maximum absolute atomic E-state index is 2.85. The van der Waals surface area contributed by atoms with Crippen LogP contribution in [0.3, 0.4) is 0 Å². The van der Waals surface area contributed by atoms with E-state index in [1.165, 1.54) is 200 Å². The minimum atomic E-state index is -0.0445. The molecule has 6 aliphatic rings. The average molecular weight is 1110 g/mol. The van der Waals surface area contributed by atoms with Crippen LogP contribution in [-0.2, 0) is 37.9 Å². The first kappa shape index (κ1) is 56.1. The summed E-state index contributed by atoms with van der Waals surface area (Å²) >= 11 is 2.11. The van der Waals surface area contributed by atoms with Crippen LogP contribution in [0.5, 0.6) is 0 Å².